The molecule has 1 amide bonds. The Labute approximate surface area is 233 Å². The van der Waals surface area contributed by atoms with Crippen molar-refractivity contribution < 1.29 is 13.2 Å². The van der Waals surface area contributed by atoms with Gasteiger partial charge in [-0.05, 0) is 50.3 Å². The molecule has 0 aliphatic carbocycles. The van der Waals surface area contributed by atoms with Gasteiger partial charge in [-0.15, -0.1) is 0 Å². The summed E-state index contributed by atoms with van der Waals surface area (Å²) in [6.07, 6.45) is 5.67. The lowest BCUT2D eigenvalue weighted by Crippen LogP contribution is -2.39. The van der Waals surface area contributed by atoms with Crippen LogP contribution < -0.4 is 20.3 Å². The van der Waals surface area contributed by atoms with Crippen molar-refractivity contribution >= 4 is 50.5 Å². The van der Waals surface area contributed by atoms with Crippen molar-refractivity contribution in [3.63, 3.8) is 0 Å². The number of nitrogens with zero attached hydrogens (tertiary/aromatic N) is 6. The van der Waals surface area contributed by atoms with E-state index in [4.69, 9.17) is 27.4 Å². The minimum absolute atomic E-state index is 0.120. The van der Waals surface area contributed by atoms with Crippen molar-refractivity contribution in [2.45, 2.75) is 44.2 Å². The summed E-state index contributed by atoms with van der Waals surface area (Å²) in [6, 6.07) is 8.52. The second-order valence-corrected chi connectivity index (χ2v) is 12.9. The number of aromatic nitrogens is 3. The lowest BCUT2D eigenvalue weighted by atomic mass is 9.98. The van der Waals surface area contributed by atoms with Crippen LogP contribution in [0.5, 0.6) is 0 Å². The minimum atomic E-state index is -3.59. The predicted molar refractivity (Wildman–Crippen MR) is 152 cm³/mol. The van der Waals surface area contributed by atoms with Crippen LogP contribution in [0, 0.1) is 0 Å². The van der Waals surface area contributed by atoms with Crippen LogP contribution in [-0.2, 0) is 10.0 Å². The Bertz CT molecular complexity index is 1520. The molecular weight excluding hydrogens is 540 g/mol. The third-order valence-corrected chi connectivity index (χ3v) is 8.58. The number of carbonyl (C=O) groups excluding carboxylic acids is 1. The van der Waals surface area contributed by atoms with Gasteiger partial charge in [-0.25, -0.2) is 13.4 Å². The smallest absolute Gasteiger partial charge is 0.256 e. The molecule has 2 atom stereocenters. The molecule has 1 aromatic carbocycles. The normalized spacial score (nSPS) is 21.9. The summed E-state index contributed by atoms with van der Waals surface area (Å²) in [5.74, 6) is 1.61. The Morgan fingerprint density at radius 1 is 1.05 bits per heavy atom. The number of hydrogen-bond acceptors (Lipinski definition) is 8. The molecular formula is C26H33ClN8O3S. The first-order valence-electron chi connectivity index (χ1n) is 13.4. The van der Waals surface area contributed by atoms with Gasteiger partial charge in [0.05, 0.1) is 29.2 Å². The number of fused-ring (bicyclic) bond motifs is 1. The van der Waals surface area contributed by atoms with Crippen molar-refractivity contribution in [2.75, 3.05) is 53.5 Å². The fourth-order valence-corrected chi connectivity index (χ4v) is 6.42. The Morgan fingerprint density at radius 2 is 1.87 bits per heavy atom. The van der Waals surface area contributed by atoms with Gasteiger partial charge in [-0.1, -0.05) is 11.6 Å². The molecule has 0 spiro atoms. The number of sulfonamides is 1. The quantitative estimate of drug-likeness (QED) is 0.461. The number of nitrogens with one attached hydrogen (secondary N) is 1. The SMILES string of the molecule is CS(=O)(=O)Nc1ccc(Cl)cc1C(=O)N1CCCC[C@H]1c1cc2nc(N3CCC3)cc(N3CC[C@@H](N)C3)n2n1. The van der Waals surface area contributed by atoms with E-state index < -0.39 is 10.0 Å². The second kappa shape index (κ2) is 10.1. The molecule has 3 aromatic rings. The lowest BCUT2D eigenvalue weighted by Gasteiger charge is -2.35. The average molecular weight is 573 g/mol. The highest BCUT2D eigenvalue weighted by Gasteiger charge is 2.33. The van der Waals surface area contributed by atoms with Crippen LogP contribution in [0.25, 0.3) is 5.65 Å². The van der Waals surface area contributed by atoms with E-state index in [1.165, 1.54) is 12.1 Å². The monoisotopic (exact) mass is 572 g/mol. The molecule has 208 valence electrons. The first kappa shape index (κ1) is 26.1. The third-order valence-electron chi connectivity index (χ3n) is 7.75. The molecule has 11 nitrogen and oxygen atoms in total. The van der Waals surface area contributed by atoms with Gasteiger partial charge in [0.15, 0.2) is 5.65 Å². The van der Waals surface area contributed by atoms with E-state index in [0.717, 1.165) is 87.5 Å². The van der Waals surface area contributed by atoms with Gasteiger partial charge in [-0.3, -0.25) is 9.52 Å². The molecule has 39 heavy (non-hydrogen) atoms. The standard InChI is InChI=1S/C26H33ClN8O3S/c1-39(37,38)31-20-7-6-17(27)13-19(20)26(36)34-11-3-2-5-22(34)21-14-24-29-23(32-9-4-10-32)15-25(35(24)30-21)33-12-8-18(28)16-33/h6-7,13-15,18,22,31H,2-5,8-12,16,28H2,1H3/t18-,22+/m1/s1. The molecule has 3 aliphatic heterocycles. The van der Waals surface area contributed by atoms with Crippen LogP contribution in [0.15, 0.2) is 30.3 Å². The molecule has 3 saturated heterocycles. The van der Waals surface area contributed by atoms with Crippen LogP contribution >= 0.6 is 11.6 Å². The van der Waals surface area contributed by atoms with E-state index in [1.54, 1.807) is 11.0 Å². The molecule has 2 aromatic heterocycles. The molecule has 13 heteroatoms. The Balaban J connectivity index is 1.39. The van der Waals surface area contributed by atoms with E-state index in [-0.39, 0.29) is 29.2 Å². The minimum Gasteiger partial charge on any atom is -0.356 e. The number of hydrogen-bond donors (Lipinski definition) is 2. The van der Waals surface area contributed by atoms with Crippen molar-refractivity contribution in [1.82, 2.24) is 19.5 Å². The van der Waals surface area contributed by atoms with Gasteiger partial charge >= 0.3 is 0 Å². The topological polar surface area (TPSA) is 129 Å². The largest absolute Gasteiger partial charge is 0.356 e. The number of rotatable bonds is 6. The fourth-order valence-electron chi connectivity index (χ4n) is 5.67. The number of likely N-dealkylation sites (tertiary alicyclic amines) is 1. The van der Waals surface area contributed by atoms with Crippen LogP contribution in [0.2, 0.25) is 5.02 Å². The van der Waals surface area contributed by atoms with E-state index in [0.29, 0.717) is 11.6 Å². The van der Waals surface area contributed by atoms with Crippen LogP contribution in [0.1, 0.15) is 54.2 Å². The highest BCUT2D eigenvalue weighted by molar-refractivity contribution is 7.92. The van der Waals surface area contributed by atoms with Gasteiger partial charge in [0.2, 0.25) is 10.0 Å². The summed E-state index contributed by atoms with van der Waals surface area (Å²) in [5, 5.41) is 5.35. The Hall–Kier alpha value is -3.09. The first-order valence-corrected chi connectivity index (χ1v) is 15.7. The first-order chi connectivity index (χ1) is 18.7. The highest BCUT2D eigenvalue weighted by Crippen LogP contribution is 2.35. The molecule has 3 N–H and O–H groups in total. The summed E-state index contributed by atoms with van der Waals surface area (Å²) in [4.78, 5) is 25.1. The summed E-state index contributed by atoms with van der Waals surface area (Å²) in [7, 11) is -3.59. The number of nitrogens with two attached hydrogens (primary N) is 1. The number of amides is 1. The number of halogens is 1. The number of benzene rings is 1. The molecule has 6 rings (SSSR count). The van der Waals surface area contributed by atoms with E-state index in [1.807, 2.05) is 10.6 Å². The van der Waals surface area contributed by atoms with Crippen LogP contribution in [0.3, 0.4) is 0 Å². The molecule has 3 fully saturated rings. The molecule has 0 saturated carbocycles. The predicted octanol–water partition coefficient (Wildman–Crippen LogP) is 2.87. The van der Waals surface area contributed by atoms with Crippen molar-refractivity contribution in [3.8, 4) is 0 Å². The van der Waals surface area contributed by atoms with Crippen molar-refractivity contribution in [2.24, 2.45) is 5.73 Å². The number of carbonyl (C=O) groups is 1. The maximum atomic E-state index is 13.9. The van der Waals surface area contributed by atoms with Gasteiger partial charge in [-0.2, -0.15) is 9.61 Å². The molecule has 0 radical (unpaired) electrons. The Morgan fingerprint density at radius 3 is 2.56 bits per heavy atom. The molecule has 0 bridgehead atoms. The fraction of sp³-hybridized carbons (Fsp3) is 0.500. The van der Waals surface area contributed by atoms with Gasteiger partial charge in [0.25, 0.3) is 5.91 Å². The summed E-state index contributed by atoms with van der Waals surface area (Å²) < 4.78 is 28.3. The summed E-state index contributed by atoms with van der Waals surface area (Å²) in [5.41, 5.74) is 8.17. The zero-order valence-corrected chi connectivity index (χ0v) is 23.5. The van der Waals surface area contributed by atoms with Crippen molar-refractivity contribution in [3.05, 3.63) is 46.6 Å². The summed E-state index contributed by atoms with van der Waals surface area (Å²) in [6.45, 7) is 4.11. The van der Waals surface area contributed by atoms with Crippen LogP contribution in [0.4, 0.5) is 17.3 Å². The molecule has 0 unspecified atom stereocenters. The maximum Gasteiger partial charge on any atom is 0.256 e. The average Bonchev–Trinajstić information content (AvgIpc) is 3.48. The zero-order valence-electron chi connectivity index (χ0n) is 21.9. The maximum absolute atomic E-state index is 13.9. The number of piperidine rings is 1. The Kier molecular flexibility index (Phi) is 6.80. The second-order valence-electron chi connectivity index (χ2n) is 10.7. The zero-order chi connectivity index (χ0) is 27.3. The van der Waals surface area contributed by atoms with E-state index >= 15 is 0 Å². The van der Waals surface area contributed by atoms with Gasteiger partial charge < -0.3 is 20.4 Å². The van der Waals surface area contributed by atoms with E-state index in [2.05, 4.69) is 20.6 Å². The van der Waals surface area contributed by atoms with Crippen LogP contribution in [-0.4, -0.2) is 78.8 Å². The third kappa shape index (κ3) is 5.24. The number of anilines is 3. The van der Waals surface area contributed by atoms with E-state index in [9.17, 15) is 13.2 Å². The summed E-state index contributed by atoms with van der Waals surface area (Å²) >= 11 is 6.24. The van der Waals surface area contributed by atoms with Gasteiger partial charge in [0, 0.05) is 55.9 Å². The highest BCUT2D eigenvalue weighted by atomic mass is 35.5. The lowest BCUT2D eigenvalue weighted by molar-refractivity contribution is 0.0607. The van der Waals surface area contributed by atoms with Gasteiger partial charge in [0.1, 0.15) is 11.6 Å². The molecule has 3 aliphatic rings. The van der Waals surface area contributed by atoms with Crippen molar-refractivity contribution in [1.29, 1.82) is 0 Å². The molecule has 5 heterocycles.